The van der Waals surface area contributed by atoms with E-state index in [1.54, 1.807) is 4.90 Å². The zero-order chi connectivity index (χ0) is 17.8. The molecule has 134 valence electrons. The molecular formula is C18H22ClN3O3. The van der Waals surface area contributed by atoms with Crippen molar-refractivity contribution in [3.8, 4) is 11.3 Å². The number of piperazine rings is 1. The summed E-state index contributed by atoms with van der Waals surface area (Å²) >= 11 is 6.03. The average molecular weight is 364 g/mol. The second-order valence-corrected chi connectivity index (χ2v) is 6.59. The Morgan fingerprint density at radius 3 is 2.96 bits per heavy atom. The van der Waals surface area contributed by atoms with Crippen molar-refractivity contribution in [3.05, 3.63) is 41.0 Å². The first-order chi connectivity index (χ1) is 12.1. The maximum Gasteiger partial charge on any atom is 0.409 e. The van der Waals surface area contributed by atoms with Crippen molar-refractivity contribution in [1.29, 1.82) is 0 Å². The molecule has 1 fully saturated rings. The van der Waals surface area contributed by atoms with Crippen LogP contribution in [0.2, 0.25) is 5.02 Å². The molecule has 1 atom stereocenters. The standard InChI is InChI=1S/C18H22ClN3O3/c1-3-24-18(23)22-8-7-21(13(2)11-22)12-16-10-17(25-20-16)14-5-4-6-15(19)9-14/h4-6,9-10,13H,3,7-8,11-12H2,1-2H3/t13-/m1/s1. The molecule has 1 aromatic heterocycles. The quantitative estimate of drug-likeness (QED) is 0.829. The van der Waals surface area contributed by atoms with Gasteiger partial charge in [-0.05, 0) is 26.0 Å². The van der Waals surface area contributed by atoms with Gasteiger partial charge in [-0.2, -0.15) is 0 Å². The minimum atomic E-state index is -0.237. The zero-order valence-corrected chi connectivity index (χ0v) is 15.2. The highest BCUT2D eigenvalue weighted by Gasteiger charge is 2.28. The molecule has 1 aliphatic rings. The van der Waals surface area contributed by atoms with Gasteiger partial charge < -0.3 is 14.2 Å². The van der Waals surface area contributed by atoms with E-state index in [1.165, 1.54) is 0 Å². The summed E-state index contributed by atoms with van der Waals surface area (Å²) in [6.45, 7) is 7.09. The molecule has 0 radical (unpaired) electrons. The number of ether oxygens (including phenoxy) is 1. The molecular weight excluding hydrogens is 342 g/mol. The monoisotopic (exact) mass is 363 g/mol. The van der Waals surface area contributed by atoms with E-state index in [1.807, 2.05) is 37.3 Å². The van der Waals surface area contributed by atoms with Crippen LogP contribution in [0.25, 0.3) is 11.3 Å². The van der Waals surface area contributed by atoms with Gasteiger partial charge in [0.15, 0.2) is 5.76 Å². The van der Waals surface area contributed by atoms with Crippen LogP contribution in [0.3, 0.4) is 0 Å². The molecule has 1 amide bonds. The third kappa shape index (κ3) is 4.32. The molecule has 1 saturated heterocycles. The SMILES string of the molecule is CCOC(=O)N1CCN(Cc2cc(-c3cccc(Cl)c3)on2)[C@H](C)C1. The number of amides is 1. The number of hydrogen-bond donors (Lipinski definition) is 0. The summed E-state index contributed by atoms with van der Waals surface area (Å²) in [6.07, 6.45) is -0.237. The van der Waals surface area contributed by atoms with E-state index in [0.717, 1.165) is 17.8 Å². The van der Waals surface area contributed by atoms with E-state index < -0.39 is 0 Å². The van der Waals surface area contributed by atoms with Crippen molar-refractivity contribution in [3.63, 3.8) is 0 Å². The lowest BCUT2D eigenvalue weighted by atomic mass is 10.1. The van der Waals surface area contributed by atoms with Gasteiger partial charge in [0.1, 0.15) is 0 Å². The fraction of sp³-hybridized carbons (Fsp3) is 0.444. The van der Waals surface area contributed by atoms with E-state index in [9.17, 15) is 4.79 Å². The Labute approximate surface area is 152 Å². The van der Waals surface area contributed by atoms with Gasteiger partial charge in [-0.25, -0.2) is 4.79 Å². The number of carbonyl (C=O) groups is 1. The van der Waals surface area contributed by atoms with Gasteiger partial charge in [0.25, 0.3) is 0 Å². The van der Waals surface area contributed by atoms with E-state index in [4.69, 9.17) is 20.9 Å². The molecule has 6 nitrogen and oxygen atoms in total. The minimum absolute atomic E-state index is 0.226. The van der Waals surface area contributed by atoms with Crippen molar-refractivity contribution in [1.82, 2.24) is 15.0 Å². The Hall–Kier alpha value is -2.05. The van der Waals surface area contributed by atoms with Gasteiger partial charge in [0.05, 0.1) is 12.3 Å². The van der Waals surface area contributed by atoms with Crippen LogP contribution in [0.4, 0.5) is 4.79 Å². The smallest absolute Gasteiger partial charge is 0.409 e. The van der Waals surface area contributed by atoms with Crippen LogP contribution < -0.4 is 0 Å². The first-order valence-electron chi connectivity index (χ1n) is 8.44. The topological polar surface area (TPSA) is 58.8 Å². The number of nitrogens with zero attached hydrogens (tertiary/aromatic N) is 3. The van der Waals surface area contributed by atoms with Crippen LogP contribution in [0.5, 0.6) is 0 Å². The van der Waals surface area contributed by atoms with Gasteiger partial charge in [-0.15, -0.1) is 0 Å². The fourth-order valence-corrected chi connectivity index (χ4v) is 3.17. The average Bonchev–Trinajstić information content (AvgIpc) is 3.05. The number of rotatable bonds is 4. The summed E-state index contributed by atoms with van der Waals surface area (Å²) in [6, 6.07) is 9.67. The molecule has 25 heavy (non-hydrogen) atoms. The van der Waals surface area contributed by atoms with Crippen molar-refractivity contribution >= 4 is 17.7 Å². The predicted molar refractivity (Wildman–Crippen MR) is 95.4 cm³/mol. The highest BCUT2D eigenvalue weighted by molar-refractivity contribution is 6.30. The number of halogens is 1. The third-order valence-electron chi connectivity index (χ3n) is 4.32. The van der Waals surface area contributed by atoms with Crippen molar-refractivity contribution < 1.29 is 14.1 Å². The highest BCUT2D eigenvalue weighted by Crippen LogP contribution is 2.24. The van der Waals surface area contributed by atoms with Gasteiger partial charge >= 0.3 is 6.09 Å². The molecule has 2 heterocycles. The lowest BCUT2D eigenvalue weighted by Crippen LogP contribution is -2.53. The molecule has 2 aromatic rings. The largest absolute Gasteiger partial charge is 0.450 e. The van der Waals surface area contributed by atoms with Crippen molar-refractivity contribution in [2.24, 2.45) is 0 Å². The molecule has 0 unspecified atom stereocenters. The summed E-state index contributed by atoms with van der Waals surface area (Å²) in [5.74, 6) is 0.704. The Morgan fingerprint density at radius 1 is 1.40 bits per heavy atom. The Bertz CT molecular complexity index is 734. The predicted octanol–water partition coefficient (Wildman–Crippen LogP) is 3.66. The lowest BCUT2D eigenvalue weighted by Gasteiger charge is -2.38. The van der Waals surface area contributed by atoms with E-state index in [0.29, 0.717) is 37.0 Å². The van der Waals surface area contributed by atoms with Crippen LogP contribution in [-0.2, 0) is 11.3 Å². The first-order valence-corrected chi connectivity index (χ1v) is 8.82. The minimum Gasteiger partial charge on any atom is -0.450 e. The number of hydrogen-bond acceptors (Lipinski definition) is 5. The number of carbonyl (C=O) groups excluding carboxylic acids is 1. The second kappa shape index (κ2) is 7.89. The number of benzene rings is 1. The Balaban J connectivity index is 1.61. The summed E-state index contributed by atoms with van der Waals surface area (Å²) in [7, 11) is 0. The van der Waals surface area contributed by atoms with Crippen molar-refractivity contribution in [2.75, 3.05) is 26.2 Å². The van der Waals surface area contributed by atoms with Crippen LogP contribution in [0.1, 0.15) is 19.5 Å². The van der Waals surface area contributed by atoms with E-state index in [2.05, 4.69) is 17.0 Å². The van der Waals surface area contributed by atoms with Crippen LogP contribution >= 0.6 is 11.6 Å². The molecule has 0 N–H and O–H groups in total. The van der Waals surface area contributed by atoms with Crippen LogP contribution in [0, 0.1) is 0 Å². The molecule has 7 heteroatoms. The lowest BCUT2D eigenvalue weighted by molar-refractivity contribution is 0.0536. The van der Waals surface area contributed by atoms with E-state index >= 15 is 0 Å². The fourth-order valence-electron chi connectivity index (χ4n) is 2.98. The van der Waals surface area contributed by atoms with Crippen molar-refractivity contribution in [2.45, 2.75) is 26.4 Å². The highest BCUT2D eigenvalue weighted by atomic mass is 35.5. The maximum atomic E-state index is 11.8. The molecule has 0 aliphatic carbocycles. The molecule has 0 bridgehead atoms. The molecule has 3 rings (SSSR count). The van der Waals surface area contributed by atoms with Crippen LogP contribution in [-0.4, -0.2) is 53.3 Å². The molecule has 0 spiro atoms. The van der Waals surface area contributed by atoms with Gasteiger partial charge in [-0.1, -0.05) is 28.9 Å². The maximum absolute atomic E-state index is 11.8. The molecule has 0 saturated carbocycles. The van der Waals surface area contributed by atoms with Gasteiger partial charge in [0, 0.05) is 48.9 Å². The summed E-state index contributed by atoms with van der Waals surface area (Å²) in [5, 5.41) is 4.84. The molecule has 1 aliphatic heterocycles. The van der Waals surface area contributed by atoms with Gasteiger partial charge in [-0.3, -0.25) is 4.90 Å². The zero-order valence-electron chi connectivity index (χ0n) is 14.4. The summed E-state index contributed by atoms with van der Waals surface area (Å²) in [4.78, 5) is 15.9. The Morgan fingerprint density at radius 2 is 2.24 bits per heavy atom. The first kappa shape index (κ1) is 17.8. The molecule has 1 aromatic carbocycles. The normalized spacial score (nSPS) is 18.4. The summed E-state index contributed by atoms with van der Waals surface area (Å²) in [5.41, 5.74) is 1.78. The van der Waals surface area contributed by atoms with Crippen LogP contribution in [0.15, 0.2) is 34.9 Å². The summed E-state index contributed by atoms with van der Waals surface area (Å²) < 4.78 is 10.5. The van der Waals surface area contributed by atoms with E-state index in [-0.39, 0.29) is 12.1 Å². The Kier molecular flexibility index (Phi) is 5.60. The number of aromatic nitrogens is 1. The second-order valence-electron chi connectivity index (χ2n) is 6.16. The van der Waals surface area contributed by atoms with Gasteiger partial charge in [0.2, 0.25) is 0 Å². The third-order valence-corrected chi connectivity index (χ3v) is 4.56.